The lowest BCUT2D eigenvalue weighted by Crippen LogP contribution is -2.52. The van der Waals surface area contributed by atoms with E-state index in [4.69, 9.17) is 14.2 Å². The molecule has 2 aliphatic heterocycles. The summed E-state index contributed by atoms with van der Waals surface area (Å²) in [7, 11) is 4.66. The van der Waals surface area contributed by atoms with Gasteiger partial charge in [-0.15, -0.1) is 11.8 Å². The first-order valence-electron chi connectivity index (χ1n) is 9.98. The molecule has 1 fully saturated rings. The number of nitrogens with zero attached hydrogens (tertiary/aromatic N) is 1. The molecule has 2 unspecified atom stereocenters. The fourth-order valence-corrected chi connectivity index (χ4v) is 5.90. The van der Waals surface area contributed by atoms with Gasteiger partial charge in [0.1, 0.15) is 17.2 Å². The summed E-state index contributed by atoms with van der Waals surface area (Å²) in [5, 5.41) is 2.76. The Bertz CT molecular complexity index is 1040. The number of ether oxygens (including phenoxy) is 3. The lowest BCUT2D eigenvalue weighted by Gasteiger charge is -2.29. The van der Waals surface area contributed by atoms with Crippen molar-refractivity contribution in [2.45, 2.75) is 36.6 Å². The van der Waals surface area contributed by atoms with E-state index in [9.17, 15) is 9.59 Å². The number of benzene rings is 2. The number of carbonyl (C=O) groups is 2. The fraction of sp³-hybridized carbons (Fsp3) is 0.391. The molecule has 1 saturated heterocycles. The van der Waals surface area contributed by atoms with Gasteiger partial charge in [0.15, 0.2) is 11.5 Å². The maximum absolute atomic E-state index is 13.5. The minimum Gasteiger partial charge on any atom is -0.497 e. The Morgan fingerprint density at radius 1 is 1.13 bits per heavy atom. The highest BCUT2D eigenvalue weighted by molar-refractivity contribution is 8.01. The highest BCUT2D eigenvalue weighted by Gasteiger charge is 2.58. The number of rotatable bonds is 6. The average molecular weight is 443 g/mol. The molecule has 164 valence electrons. The molecule has 0 aromatic heterocycles. The van der Waals surface area contributed by atoms with E-state index in [2.05, 4.69) is 5.32 Å². The van der Waals surface area contributed by atoms with Crippen molar-refractivity contribution in [2.24, 2.45) is 0 Å². The van der Waals surface area contributed by atoms with Crippen LogP contribution in [0.5, 0.6) is 17.2 Å². The summed E-state index contributed by atoms with van der Waals surface area (Å²) >= 11 is 1.61. The Balaban J connectivity index is 1.62. The second-order valence-electron chi connectivity index (χ2n) is 8.02. The summed E-state index contributed by atoms with van der Waals surface area (Å²) in [6.07, 6.45) is 0. The molecular formula is C23H26N2O5S. The molecule has 31 heavy (non-hydrogen) atoms. The highest BCUT2D eigenvalue weighted by atomic mass is 32.2. The molecule has 7 nitrogen and oxygen atoms in total. The van der Waals surface area contributed by atoms with Gasteiger partial charge in [-0.2, -0.15) is 0 Å². The molecule has 2 heterocycles. The molecule has 2 atom stereocenters. The second kappa shape index (κ2) is 8.00. The quantitative estimate of drug-likeness (QED) is 0.739. The van der Waals surface area contributed by atoms with Crippen LogP contribution in [0.2, 0.25) is 0 Å². The molecule has 0 spiro atoms. The second-order valence-corrected chi connectivity index (χ2v) is 9.76. The summed E-state index contributed by atoms with van der Waals surface area (Å²) in [6.45, 7) is 4.35. The lowest BCUT2D eigenvalue weighted by atomic mass is 10.0. The standard InChI is InChI=1S/C23H26N2O5S/c1-23(2)19(20(26)24-12-13-7-6-8-14(11-13)28-3)25-21(27)17-15(22(25)31-23)9-10-16(29-4)18(17)30-5/h6-11,19,22H,12H2,1-5H3,(H,24,26). The van der Waals surface area contributed by atoms with Crippen LogP contribution in [0.15, 0.2) is 36.4 Å². The van der Waals surface area contributed by atoms with Gasteiger partial charge in [-0.25, -0.2) is 0 Å². The van der Waals surface area contributed by atoms with Crippen molar-refractivity contribution in [1.29, 1.82) is 0 Å². The molecule has 0 radical (unpaired) electrons. The molecule has 4 rings (SSSR count). The molecule has 2 amide bonds. The molecule has 1 N–H and O–H groups in total. The van der Waals surface area contributed by atoms with Gasteiger partial charge >= 0.3 is 0 Å². The van der Waals surface area contributed by atoms with Crippen LogP contribution in [0.4, 0.5) is 0 Å². The maximum atomic E-state index is 13.5. The van der Waals surface area contributed by atoms with Crippen molar-refractivity contribution in [3.8, 4) is 17.2 Å². The normalized spacial score (nSPS) is 20.8. The third kappa shape index (κ3) is 3.48. The van der Waals surface area contributed by atoms with Gasteiger partial charge in [0.2, 0.25) is 5.91 Å². The highest BCUT2D eigenvalue weighted by Crippen LogP contribution is 2.58. The Kier molecular flexibility index (Phi) is 5.51. The third-order valence-electron chi connectivity index (χ3n) is 5.75. The summed E-state index contributed by atoms with van der Waals surface area (Å²) in [6, 6.07) is 10.6. The molecule has 8 heteroatoms. The zero-order valence-corrected chi connectivity index (χ0v) is 19.0. The Morgan fingerprint density at radius 3 is 2.58 bits per heavy atom. The number of nitrogens with one attached hydrogen (secondary N) is 1. The predicted octanol–water partition coefficient (Wildman–Crippen LogP) is 3.38. The SMILES string of the molecule is COc1cccc(CNC(=O)C2N3C(=O)c4c(ccc(OC)c4OC)C3SC2(C)C)c1. The van der Waals surface area contributed by atoms with Crippen LogP contribution in [-0.2, 0) is 11.3 Å². The molecule has 0 bridgehead atoms. The van der Waals surface area contributed by atoms with Crippen molar-refractivity contribution < 1.29 is 23.8 Å². The van der Waals surface area contributed by atoms with Crippen LogP contribution in [-0.4, -0.2) is 48.8 Å². The minimum absolute atomic E-state index is 0.185. The van der Waals surface area contributed by atoms with E-state index in [-0.39, 0.29) is 17.2 Å². The van der Waals surface area contributed by atoms with E-state index in [1.807, 2.05) is 44.2 Å². The van der Waals surface area contributed by atoms with Crippen LogP contribution in [0.25, 0.3) is 0 Å². The fourth-order valence-electron chi connectivity index (χ4n) is 4.32. The first-order chi connectivity index (χ1) is 14.8. The zero-order valence-electron chi connectivity index (χ0n) is 18.2. The number of methoxy groups -OCH3 is 3. The van der Waals surface area contributed by atoms with Crippen molar-refractivity contribution in [2.75, 3.05) is 21.3 Å². The van der Waals surface area contributed by atoms with E-state index in [1.165, 1.54) is 14.2 Å². The summed E-state index contributed by atoms with van der Waals surface area (Å²) in [5.41, 5.74) is 2.25. The average Bonchev–Trinajstić information content (AvgIpc) is 3.20. The number of fused-ring (bicyclic) bond motifs is 3. The Hall–Kier alpha value is -2.87. The predicted molar refractivity (Wildman–Crippen MR) is 119 cm³/mol. The number of carbonyl (C=O) groups excluding carboxylic acids is 2. The number of hydrogen-bond acceptors (Lipinski definition) is 6. The van der Waals surface area contributed by atoms with Crippen molar-refractivity contribution in [3.63, 3.8) is 0 Å². The number of hydrogen-bond donors (Lipinski definition) is 1. The van der Waals surface area contributed by atoms with Crippen LogP contribution in [0, 0.1) is 0 Å². The Labute approximate surface area is 186 Å². The molecule has 2 aliphatic rings. The van der Waals surface area contributed by atoms with Crippen molar-refractivity contribution >= 4 is 23.6 Å². The van der Waals surface area contributed by atoms with Gasteiger partial charge in [-0.3, -0.25) is 9.59 Å². The zero-order chi connectivity index (χ0) is 22.3. The topological polar surface area (TPSA) is 77.1 Å². The van der Waals surface area contributed by atoms with E-state index in [0.29, 0.717) is 23.6 Å². The maximum Gasteiger partial charge on any atom is 0.260 e. The van der Waals surface area contributed by atoms with Crippen LogP contribution in [0.1, 0.15) is 40.7 Å². The van der Waals surface area contributed by atoms with Crippen LogP contribution in [0.3, 0.4) is 0 Å². The molecular weight excluding hydrogens is 416 g/mol. The first-order valence-corrected chi connectivity index (χ1v) is 10.9. The van der Waals surface area contributed by atoms with E-state index in [1.54, 1.807) is 29.8 Å². The smallest absolute Gasteiger partial charge is 0.260 e. The molecule has 0 aliphatic carbocycles. The molecule has 2 aromatic rings. The number of amides is 2. The summed E-state index contributed by atoms with van der Waals surface area (Å²) in [5.74, 6) is 1.24. The Morgan fingerprint density at radius 2 is 1.90 bits per heavy atom. The van der Waals surface area contributed by atoms with Gasteiger partial charge < -0.3 is 24.4 Å². The monoisotopic (exact) mass is 442 g/mol. The van der Waals surface area contributed by atoms with Gasteiger partial charge in [0.05, 0.1) is 26.9 Å². The van der Waals surface area contributed by atoms with Gasteiger partial charge in [0, 0.05) is 16.9 Å². The largest absolute Gasteiger partial charge is 0.497 e. The molecule has 2 aromatic carbocycles. The number of thioether (sulfide) groups is 1. The minimum atomic E-state index is -0.622. The first kappa shape index (κ1) is 21.4. The lowest BCUT2D eigenvalue weighted by molar-refractivity contribution is -0.126. The van der Waals surface area contributed by atoms with Crippen LogP contribution < -0.4 is 19.5 Å². The van der Waals surface area contributed by atoms with E-state index >= 15 is 0 Å². The van der Waals surface area contributed by atoms with Gasteiger partial charge in [-0.05, 0) is 37.6 Å². The van der Waals surface area contributed by atoms with Gasteiger partial charge in [-0.1, -0.05) is 18.2 Å². The third-order valence-corrected chi connectivity index (χ3v) is 7.28. The molecule has 0 saturated carbocycles. The van der Waals surface area contributed by atoms with Crippen LogP contribution >= 0.6 is 11.8 Å². The van der Waals surface area contributed by atoms with Gasteiger partial charge in [0.25, 0.3) is 5.91 Å². The summed E-state index contributed by atoms with van der Waals surface area (Å²) < 4.78 is 15.7. The summed E-state index contributed by atoms with van der Waals surface area (Å²) in [4.78, 5) is 28.4. The van der Waals surface area contributed by atoms with E-state index < -0.39 is 10.8 Å². The van der Waals surface area contributed by atoms with Crippen molar-refractivity contribution in [1.82, 2.24) is 10.2 Å². The van der Waals surface area contributed by atoms with Crippen molar-refractivity contribution in [3.05, 3.63) is 53.1 Å². The van der Waals surface area contributed by atoms with E-state index in [0.717, 1.165) is 16.9 Å².